The van der Waals surface area contributed by atoms with Crippen molar-refractivity contribution in [1.29, 1.82) is 0 Å². The van der Waals surface area contributed by atoms with Crippen LogP contribution in [0.1, 0.15) is 6.42 Å². The van der Waals surface area contributed by atoms with Gasteiger partial charge in [-0.3, -0.25) is 9.78 Å². The number of ether oxygens (including phenoxy) is 1. The molecule has 0 bridgehead atoms. The number of alkyl halides is 3. The Morgan fingerprint density at radius 3 is 2.53 bits per heavy atom. The molecule has 2 N–H and O–H groups in total. The molecule has 0 saturated carbocycles. The minimum absolute atomic E-state index is 0. The first-order chi connectivity index (χ1) is 17.9. The van der Waals surface area contributed by atoms with Crippen molar-refractivity contribution >= 4 is 41.9 Å². The summed E-state index contributed by atoms with van der Waals surface area (Å²) in [4.78, 5) is 28.9. The van der Waals surface area contributed by atoms with E-state index >= 15 is 0 Å². The number of pyridine rings is 1. The average molecular weight is 550 g/mol. The molecule has 38 heavy (non-hydrogen) atoms. The van der Waals surface area contributed by atoms with Gasteiger partial charge in [0.2, 0.25) is 5.91 Å². The third-order valence-corrected chi connectivity index (χ3v) is 6.47. The fourth-order valence-corrected chi connectivity index (χ4v) is 4.54. The van der Waals surface area contributed by atoms with Gasteiger partial charge in [0.25, 0.3) is 0 Å². The first kappa shape index (κ1) is 27.9. The summed E-state index contributed by atoms with van der Waals surface area (Å²) in [6, 6.07) is 9.73. The van der Waals surface area contributed by atoms with Crippen molar-refractivity contribution in [1.82, 2.24) is 25.2 Å². The highest BCUT2D eigenvalue weighted by molar-refractivity contribution is 7.59. The second kappa shape index (κ2) is 12.1. The molecule has 0 unspecified atom stereocenters. The van der Waals surface area contributed by atoms with Gasteiger partial charge >= 0.3 is 6.18 Å². The number of piperazine rings is 1. The largest absolute Gasteiger partial charge is 0.397 e. The highest BCUT2D eigenvalue weighted by atomic mass is 32.1. The molecular formula is C25H30F3N7O2S. The molecule has 13 heteroatoms. The van der Waals surface area contributed by atoms with Crippen molar-refractivity contribution in [3.63, 3.8) is 0 Å². The number of nitrogens with zero attached hydrogens (tertiary/aromatic N) is 5. The van der Waals surface area contributed by atoms with E-state index in [1.165, 1.54) is 4.90 Å². The highest BCUT2D eigenvalue weighted by Crippen LogP contribution is 2.28. The molecular weight excluding hydrogens is 519 g/mol. The predicted octanol–water partition coefficient (Wildman–Crippen LogP) is 2.81. The van der Waals surface area contributed by atoms with Crippen molar-refractivity contribution in [2.45, 2.75) is 18.7 Å². The van der Waals surface area contributed by atoms with Crippen molar-refractivity contribution in [3.8, 4) is 11.3 Å². The van der Waals surface area contributed by atoms with Gasteiger partial charge < -0.3 is 25.2 Å². The van der Waals surface area contributed by atoms with Crippen LogP contribution in [0.25, 0.3) is 22.3 Å². The SMILES string of the molecule is O=C(CC(F)(F)F)N1CCN(c2ccc(-c3cc4nccnc4c(NC[C@@H]4CNCCO4)n3)cc2)CC1.S. The molecule has 1 atom stereocenters. The van der Waals surface area contributed by atoms with Gasteiger partial charge in [0.1, 0.15) is 11.9 Å². The number of carbonyl (C=O) groups excluding carboxylic acids is 1. The molecule has 2 aliphatic rings. The van der Waals surface area contributed by atoms with Gasteiger partial charge in [0, 0.05) is 69.5 Å². The van der Waals surface area contributed by atoms with Crippen molar-refractivity contribution in [3.05, 3.63) is 42.7 Å². The molecule has 2 aliphatic heterocycles. The molecule has 0 aliphatic carbocycles. The summed E-state index contributed by atoms with van der Waals surface area (Å²) in [7, 11) is 0. The van der Waals surface area contributed by atoms with E-state index in [-0.39, 0.29) is 32.7 Å². The van der Waals surface area contributed by atoms with Crippen LogP contribution in [-0.2, 0) is 9.53 Å². The first-order valence-electron chi connectivity index (χ1n) is 12.2. The van der Waals surface area contributed by atoms with E-state index in [0.29, 0.717) is 37.6 Å². The van der Waals surface area contributed by atoms with Gasteiger partial charge in [-0.05, 0) is 18.2 Å². The number of aromatic nitrogens is 3. The molecule has 5 rings (SSSR count). The Bertz CT molecular complexity index is 1230. The highest BCUT2D eigenvalue weighted by Gasteiger charge is 2.34. The number of halogens is 3. The molecule has 3 aromatic rings. The summed E-state index contributed by atoms with van der Waals surface area (Å²) in [5.74, 6) is -0.234. The van der Waals surface area contributed by atoms with E-state index in [2.05, 4.69) is 25.5 Å². The van der Waals surface area contributed by atoms with Crippen LogP contribution in [0, 0.1) is 0 Å². The minimum Gasteiger partial charge on any atom is -0.374 e. The van der Waals surface area contributed by atoms with Gasteiger partial charge in [0.05, 0.1) is 23.9 Å². The molecule has 1 amide bonds. The van der Waals surface area contributed by atoms with Crippen LogP contribution in [0.4, 0.5) is 24.7 Å². The quantitative estimate of drug-likeness (QED) is 0.485. The fourth-order valence-electron chi connectivity index (χ4n) is 4.54. The van der Waals surface area contributed by atoms with Crippen molar-refractivity contribution in [2.24, 2.45) is 0 Å². The summed E-state index contributed by atoms with van der Waals surface area (Å²) in [5, 5.41) is 6.68. The van der Waals surface area contributed by atoms with Crippen molar-refractivity contribution < 1.29 is 22.7 Å². The lowest BCUT2D eigenvalue weighted by atomic mass is 10.1. The molecule has 9 nitrogen and oxygen atoms in total. The summed E-state index contributed by atoms with van der Waals surface area (Å²) >= 11 is 0. The van der Waals surface area contributed by atoms with Gasteiger partial charge in [-0.25, -0.2) is 9.97 Å². The fraction of sp³-hybridized carbons (Fsp3) is 0.440. The smallest absolute Gasteiger partial charge is 0.374 e. The van der Waals surface area contributed by atoms with Crippen LogP contribution in [0.3, 0.4) is 0 Å². The topological polar surface area (TPSA) is 95.5 Å². The number of rotatable bonds is 6. The number of nitrogens with one attached hydrogen (secondary N) is 2. The van der Waals surface area contributed by atoms with E-state index < -0.39 is 18.5 Å². The lowest BCUT2D eigenvalue weighted by molar-refractivity contribution is -0.161. The van der Waals surface area contributed by atoms with Crippen LogP contribution in [0.15, 0.2) is 42.7 Å². The van der Waals surface area contributed by atoms with E-state index in [0.717, 1.165) is 35.6 Å². The minimum atomic E-state index is -4.48. The number of morpholine rings is 1. The lowest BCUT2D eigenvalue weighted by Gasteiger charge is -2.36. The van der Waals surface area contributed by atoms with Crippen LogP contribution < -0.4 is 15.5 Å². The average Bonchev–Trinajstić information content (AvgIpc) is 2.91. The summed E-state index contributed by atoms with van der Waals surface area (Å²) in [5.41, 5.74) is 3.99. The number of hydrogen-bond acceptors (Lipinski definition) is 8. The molecule has 4 heterocycles. The van der Waals surface area contributed by atoms with E-state index in [1.807, 2.05) is 30.3 Å². The Kier molecular flexibility index (Phi) is 8.90. The zero-order valence-corrected chi connectivity index (χ0v) is 21.7. The van der Waals surface area contributed by atoms with Crippen LogP contribution in [0.2, 0.25) is 0 Å². The molecule has 204 valence electrons. The summed E-state index contributed by atoms with van der Waals surface area (Å²) in [6.07, 6.45) is -2.57. The lowest BCUT2D eigenvalue weighted by Crippen LogP contribution is -2.49. The Labute approximate surface area is 225 Å². The first-order valence-corrected chi connectivity index (χ1v) is 12.2. The monoisotopic (exact) mass is 549 g/mol. The number of anilines is 2. The second-order valence-corrected chi connectivity index (χ2v) is 9.06. The Morgan fingerprint density at radius 1 is 1.11 bits per heavy atom. The normalized spacial score (nSPS) is 18.2. The Morgan fingerprint density at radius 2 is 1.84 bits per heavy atom. The van der Waals surface area contributed by atoms with Gasteiger partial charge in [-0.1, -0.05) is 12.1 Å². The summed E-state index contributed by atoms with van der Waals surface area (Å²) < 4.78 is 43.4. The predicted molar refractivity (Wildman–Crippen MR) is 144 cm³/mol. The van der Waals surface area contributed by atoms with E-state index in [9.17, 15) is 18.0 Å². The van der Waals surface area contributed by atoms with Crippen molar-refractivity contribution in [2.75, 3.05) is 62.6 Å². The molecule has 2 saturated heterocycles. The molecule has 2 fully saturated rings. The van der Waals surface area contributed by atoms with Crippen LogP contribution >= 0.6 is 13.5 Å². The maximum atomic E-state index is 12.5. The van der Waals surface area contributed by atoms with E-state index in [4.69, 9.17) is 9.72 Å². The summed E-state index contributed by atoms with van der Waals surface area (Å²) in [6.45, 7) is 4.34. The zero-order chi connectivity index (χ0) is 25.8. The van der Waals surface area contributed by atoms with Gasteiger partial charge in [-0.15, -0.1) is 0 Å². The molecule has 1 aromatic carbocycles. The standard InChI is InChI=1S/C25H28F3N7O2.H2S/c26-25(27,28)14-22(36)35-10-8-34(9-11-35)18-3-1-17(2-4-18)20-13-21-23(31-6-5-30-21)24(33-20)32-16-19-15-29-7-12-37-19;/h1-6,13,19,29H,7-12,14-16H2,(H,32,33);1H2/t19-;/m0./s1. The molecule has 0 radical (unpaired) electrons. The molecule has 2 aromatic heterocycles. The van der Waals surface area contributed by atoms with Gasteiger partial charge in [-0.2, -0.15) is 26.7 Å². The number of benzene rings is 1. The number of carbonyl (C=O) groups is 1. The number of amides is 1. The Balaban J connectivity index is 0.00000336. The zero-order valence-electron chi connectivity index (χ0n) is 20.7. The number of fused-ring (bicyclic) bond motifs is 1. The Hall–Kier alpha value is -3.16. The van der Waals surface area contributed by atoms with Gasteiger partial charge in [0.15, 0.2) is 5.82 Å². The molecule has 0 spiro atoms. The van der Waals surface area contributed by atoms with Crippen LogP contribution in [0.5, 0.6) is 0 Å². The number of hydrogen-bond donors (Lipinski definition) is 2. The third-order valence-electron chi connectivity index (χ3n) is 6.47. The maximum Gasteiger partial charge on any atom is 0.397 e. The second-order valence-electron chi connectivity index (χ2n) is 9.06. The van der Waals surface area contributed by atoms with Crippen LogP contribution in [-0.4, -0.2) is 90.5 Å². The maximum absolute atomic E-state index is 12.5. The van der Waals surface area contributed by atoms with E-state index in [1.54, 1.807) is 12.4 Å². The third kappa shape index (κ3) is 6.83.